The molecule has 0 saturated heterocycles. The van der Waals surface area contributed by atoms with Gasteiger partial charge in [0.05, 0.1) is 28.0 Å². The lowest BCUT2D eigenvalue weighted by Crippen LogP contribution is -2.04. The van der Waals surface area contributed by atoms with Crippen LogP contribution in [0.15, 0.2) is 34.9 Å². The Morgan fingerprint density at radius 2 is 2.22 bits per heavy atom. The minimum absolute atomic E-state index is 0.161. The van der Waals surface area contributed by atoms with Crippen LogP contribution >= 0.6 is 15.9 Å². The maximum absolute atomic E-state index is 13.9. The molecule has 0 aliphatic carbocycles. The van der Waals surface area contributed by atoms with Crippen LogP contribution < -0.4 is 5.32 Å². The number of rotatable bonds is 3. The van der Waals surface area contributed by atoms with E-state index in [4.69, 9.17) is 5.26 Å². The van der Waals surface area contributed by atoms with Crippen molar-refractivity contribution in [1.29, 1.82) is 5.26 Å². The molecule has 1 heterocycles. The van der Waals surface area contributed by atoms with Gasteiger partial charge in [-0.1, -0.05) is 0 Å². The van der Waals surface area contributed by atoms with Gasteiger partial charge >= 0.3 is 0 Å². The van der Waals surface area contributed by atoms with E-state index in [1.54, 1.807) is 24.4 Å². The van der Waals surface area contributed by atoms with Crippen molar-refractivity contribution < 1.29 is 4.39 Å². The quantitative estimate of drug-likeness (QED) is 0.947. The van der Waals surface area contributed by atoms with Crippen LogP contribution in [0.1, 0.15) is 11.3 Å². The first-order valence-electron chi connectivity index (χ1n) is 5.11. The summed E-state index contributed by atoms with van der Waals surface area (Å²) in [6.45, 7) is 0.364. The van der Waals surface area contributed by atoms with E-state index in [1.807, 2.05) is 6.07 Å². The molecule has 0 bridgehead atoms. The van der Waals surface area contributed by atoms with Crippen LogP contribution in [0.2, 0.25) is 0 Å². The fraction of sp³-hybridized carbons (Fsp3) is 0.0833. The van der Waals surface area contributed by atoms with Gasteiger partial charge in [0.15, 0.2) is 5.82 Å². The molecule has 2 rings (SSSR count). The SMILES string of the molecule is N#Cc1ccc(NCc2cccnn2)c(F)c1Br. The third-order valence-electron chi connectivity index (χ3n) is 2.29. The molecule has 0 fully saturated rings. The molecule has 0 spiro atoms. The van der Waals surface area contributed by atoms with Gasteiger partial charge in [0.1, 0.15) is 6.07 Å². The molecule has 4 nitrogen and oxygen atoms in total. The molecule has 0 aliphatic heterocycles. The maximum Gasteiger partial charge on any atom is 0.161 e. The van der Waals surface area contributed by atoms with E-state index in [9.17, 15) is 4.39 Å². The Labute approximate surface area is 112 Å². The summed E-state index contributed by atoms with van der Waals surface area (Å²) in [4.78, 5) is 0. The van der Waals surface area contributed by atoms with Crippen LogP contribution in [0.25, 0.3) is 0 Å². The number of nitriles is 1. The number of nitrogens with one attached hydrogen (secondary N) is 1. The second-order valence-corrected chi connectivity index (χ2v) is 4.26. The first kappa shape index (κ1) is 12.5. The molecule has 6 heteroatoms. The summed E-state index contributed by atoms with van der Waals surface area (Å²) in [7, 11) is 0. The lowest BCUT2D eigenvalue weighted by atomic mass is 10.2. The van der Waals surface area contributed by atoms with Crippen LogP contribution in [0.3, 0.4) is 0 Å². The van der Waals surface area contributed by atoms with Crippen LogP contribution in [0.5, 0.6) is 0 Å². The molecule has 90 valence electrons. The molecule has 0 radical (unpaired) electrons. The van der Waals surface area contributed by atoms with E-state index in [0.29, 0.717) is 17.9 Å². The second-order valence-electron chi connectivity index (χ2n) is 3.47. The molecule has 1 N–H and O–H groups in total. The highest BCUT2D eigenvalue weighted by molar-refractivity contribution is 9.10. The largest absolute Gasteiger partial charge is 0.377 e. The predicted molar refractivity (Wildman–Crippen MR) is 68.2 cm³/mol. The number of benzene rings is 1. The third-order valence-corrected chi connectivity index (χ3v) is 3.07. The number of aromatic nitrogens is 2. The number of anilines is 1. The van der Waals surface area contributed by atoms with Gasteiger partial charge in [0.2, 0.25) is 0 Å². The second kappa shape index (κ2) is 5.56. The molecule has 18 heavy (non-hydrogen) atoms. The molecule has 0 atom stereocenters. The Hall–Kier alpha value is -2.00. The Kier molecular flexibility index (Phi) is 3.85. The normalized spacial score (nSPS) is 9.83. The molecule has 1 aromatic heterocycles. The first-order valence-corrected chi connectivity index (χ1v) is 5.90. The molecular formula is C12H8BrFN4. The fourth-order valence-corrected chi connectivity index (χ4v) is 1.82. The van der Waals surface area contributed by atoms with E-state index in [0.717, 1.165) is 0 Å². The smallest absolute Gasteiger partial charge is 0.161 e. The van der Waals surface area contributed by atoms with Crippen molar-refractivity contribution in [2.75, 3.05) is 5.32 Å². The summed E-state index contributed by atoms with van der Waals surface area (Å²) in [5, 5.41) is 19.3. The van der Waals surface area contributed by atoms with Gasteiger partial charge in [-0.05, 0) is 40.2 Å². The van der Waals surface area contributed by atoms with Crippen LogP contribution in [-0.4, -0.2) is 10.2 Å². The summed E-state index contributed by atoms with van der Waals surface area (Å²) in [6.07, 6.45) is 1.57. The van der Waals surface area contributed by atoms with E-state index < -0.39 is 5.82 Å². The molecule has 0 unspecified atom stereocenters. The van der Waals surface area contributed by atoms with E-state index in [1.165, 1.54) is 6.07 Å². The van der Waals surface area contributed by atoms with Gasteiger partial charge in [-0.3, -0.25) is 0 Å². The standard InChI is InChI=1S/C12H8BrFN4/c13-11-8(6-15)3-4-10(12(11)14)16-7-9-2-1-5-17-18-9/h1-5,16H,7H2. The average molecular weight is 307 g/mol. The molecule has 2 aromatic rings. The van der Waals surface area contributed by atoms with Crippen LogP contribution in [0, 0.1) is 17.1 Å². The summed E-state index contributed by atoms with van der Waals surface area (Å²) in [5.74, 6) is -0.488. The average Bonchev–Trinajstić information content (AvgIpc) is 2.42. The fourth-order valence-electron chi connectivity index (χ4n) is 1.39. The summed E-state index contributed by atoms with van der Waals surface area (Å²) in [6, 6.07) is 8.52. The van der Waals surface area contributed by atoms with Crippen molar-refractivity contribution in [2.24, 2.45) is 0 Å². The van der Waals surface area contributed by atoms with Gasteiger partial charge in [0.25, 0.3) is 0 Å². The summed E-state index contributed by atoms with van der Waals surface area (Å²) in [5.41, 5.74) is 1.28. The molecule has 0 amide bonds. The van der Waals surface area contributed by atoms with Gasteiger partial charge in [0, 0.05) is 6.20 Å². The van der Waals surface area contributed by atoms with Crippen molar-refractivity contribution in [3.63, 3.8) is 0 Å². The lowest BCUT2D eigenvalue weighted by molar-refractivity contribution is 0.622. The monoisotopic (exact) mass is 306 g/mol. The van der Waals surface area contributed by atoms with Gasteiger partial charge in [-0.2, -0.15) is 15.5 Å². The Morgan fingerprint density at radius 1 is 1.39 bits per heavy atom. The third kappa shape index (κ3) is 2.63. The molecule has 0 saturated carbocycles. The molecular weight excluding hydrogens is 299 g/mol. The lowest BCUT2D eigenvalue weighted by Gasteiger charge is -2.08. The zero-order valence-corrected chi connectivity index (χ0v) is 10.8. The topological polar surface area (TPSA) is 61.6 Å². The zero-order chi connectivity index (χ0) is 13.0. The predicted octanol–water partition coefficient (Wildman–Crippen LogP) is 2.86. The summed E-state index contributed by atoms with van der Waals surface area (Å²) < 4.78 is 14.0. The number of halogens is 2. The molecule has 0 aliphatic rings. The van der Waals surface area contributed by atoms with Gasteiger partial charge in [-0.25, -0.2) is 4.39 Å². The number of hydrogen-bond acceptors (Lipinski definition) is 4. The van der Waals surface area contributed by atoms with Gasteiger partial charge < -0.3 is 5.32 Å². The highest BCUT2D eigenvalue weighted by atomic mass is 79.9. The van der Waals surface area contributed by atoms with E-state index in [-0.39, 0.29) is 10.0 Å². The highest BCUT2D eigenvalue weighted by Crippen LogP contribution is 2.26. The Balaban J connectivity index is 2.16. The Bertz CT molecular complexity index is 595. The van der Waals surface area contributed by atoms with Gasteiger partial charge in [-0.15, -0.1) is 0 Å². The van der Waals surface area contributed by atoms with Crippen molar-refractivity contribution >= 4 is 21.6 Å². The zero-order valence-electron chi connectivity index (χ0n) is 9.19. The van der Waals surface area contributed by atoms with Crippen LogP contribution in [0.4, 0.5) is 10.1 Å². The van der Waals surface area contributed by atoms with E-state index in [2.05, 4.69) is 31.4 Å². The highest BCUT2D eigenvalue weighted by Gasteiger charge is 2.10. The molecule has 1 aromatic carbocycles. The van der Waals surface area contributed by atoms with E-state index >= 15 is 0 Å². The minimum atomic E-state index is -0.488. The minimum Gasteiger partial charge on any atom is -0.377 e. The van der Waals surface area contributed by atoms with Crippen molar-refractivity contribution in [2.45, 2.75) is 6.54 Å². The van der Waals surface area contributed by atoms with Crippen molar-refractivity contribution in [3.05, 3.63) is 52.0 Å². The number of hydrogen-bond donors (Lipinski definition) is 1. The maximum atomic E-state index is 13.9. The van der Waals surface area contributed by atoms with Crippen LogP contribution in [-0.2, 0) is 6.54 Å². The van der Waals surface area contributed by atoms with Crippen molar-refractivity contribution in [3.8, 4) is 6.07 Å². The Morgan fingerprint density at radius 3 is 2.89 bits per heavy atom. The summed E-state index contributed by atoms with van der Waals surface area (Å²) >= 11 is 3.05. The van der Waals surface area contributed by atoms with Crippen molar-refractivity contribution in [1.82, 2.24) is 10.2 Å². The first-order chi connectivity index (χ1) is 8.72. The number of nitrogens with zero attached hydrogens (tertiary/aromatic N) is 3.